The number of ether oxygens (including phenoxy) is 4. The highest BCUT2D eigenvalue weighted by atomic mass is 16.5. The average Bonchev–Trinajstić information content (AvgIpc) is 3.00. The minimum atomic E-state index is -1.23. The van der Waals surface area contributed by atoms with Gasteiger partial charge < -0.3 is 24.1 Å². The third kappa shape index (κ3) is 37.4. The van der Waals surface area contributed by atoms with Crippen molar-refractivity contribution >= 4 is 96.2 Å². The van der Waals surface area contributed by atoms with Gasteiger partial charge in [-0.15, -0.1) is 0 Å². The summed E-state index contributed by atoms with van der Waals surface area (Å²) in [5.41, 5.74) is 0. The Kier molecular flexibility index (Phi) is 72.5. The molecule has 0 bridgehead atoms. The molecule has 9 atom stereocenters. The molecule has 0 fully saturated rings. The van der Waals surface area contributed by atoms with E-state index in [-0.39, 0.29) is 121 Å². The number of carbonyl (C=O) groups is 5. The van der Waals surface area contributed by atoms with E-state index >= 15 is 0 Å². The normalized spacial score (nSPS) is 14.3. The van der Waals surface area contributed by atoms with E-state index in [0.717, 1.165) is 11.8 Å². The molecule has 10 nitrogen and oxygen atoms in total. The quantitative estimate of drug-likeness (QED) is 0.193. The number of Topliss-reactive ketones (excluding diaryl/α,β-unsaturated/α-hetero) is 5. The molecule has 57 heavy (non-hydrogen) atoms. The number of hydrogen-bond donors (Lipinski definition) is 1. The molecule has 18 heteroatoms. The summed E-state index contributed by atoms with van der Waals surface area (Å²) in [4.78, 5) is 55.3. The molecule has 0 aliphatic heterocycles. The summed E-state index contributed by atoms with van der Waals surface area (Å²) in [6.07, 6.45) is -1.36. The minimum Gasteiger partial charge on any atom is -0.384 e. The van der Waals surface area contributed by atoms with Gasteiger partial charge in [-0.1, -0.05) is 90.0 Å². The van der Waals surface area contributed by atoms with Crippen molar-refractivity contribution in [3.05, 3.63) is 0 Å². The first kappa shape index (κ1) is 87.2. The van der Waals surface area contributed by atoms with Crippen LogP contribution in [-0.2, 0) is 42.9 Å². The fraction of sp³-hybridized carbons (Fsp3) is 0.872. The van der Waals surface area contributed by atoms with Gasteiger partial charge in [0.2, 0.25) is 0 Å². The maximum Gasteiger partial charge on any atom is 0.187 e. The molecule has 0 saturated heterocycles. The van der Waals surface area contributed by atoms with Crippen molar-refractivity contribution in [3.63, 3.8) is 0 Å². The summed E-state index contributed by atoms with van der Waals surface area (Å²) in [7, 11) is 6.31. The third-order valence-corrected chi connectivity index (χ3v) is 9.32. The van der Waals surface area contributed by atoms with Crippen molar-refractivity contribution < 1.29 is 48.0 Å². The Morgan fingerprint density at radius 1 is 0.456 bits per heavy atom. The Balaban J connectivity index is -0.0000000453. The van der Waals surface area contributed by atoms with Gasteiger partial charge in [-0.05, 0) is 50.4 Å². The zero-order valence-corrected chi connectivity index (χ0v) is 39.5. The number of aliphatic hydroxyl groups excluding tert-OH is 1. The van der Waals surface area contributed by atoms with Gasteiger partial charge >= 0.3 is 0 Å². The molecule has 0 aromatic rings. The first-order chi connectivity index (χ1) is 22.3. The van der Waals surface area contributed by atoms with Crippen LogP contribution < -0.4 is 0 Å². The maximum absolute atomic E-state index is 11.5. The van der Waals surface area contributed by atoms with Crippen LogP contribution >= 0.6 is 0 Å². The molecule has 0 aliphatic carbocycles. The summed E-state index contributed by atoms with van der Waals surface area (Å²) < 4.78 is 20.3. The van der Waals surface area contributed by atoms with Crippen LogP contribution in [0.15, 0.2) is 0 Å². The van der Waals surface area contributed by atoms with Gasteiger partial charge in [0.25, 0.3) is 0 Å². The van der Waals surface area contributed by atoms with E-state index in [1.807, 2.05) is 14.0 Å². The van der Waals surface area contributed by atoms with E-state index in [1.165, 1.54) is 35.0 Å². The first-order valence-corrected chi connectivity index (χ1v) is 17.7. The largest absolute Gasteiger partial charge is 0.384 e. The fourth-order valence-corrected chi connectivity index (χ4v) is 5.12. The van der Waals surface area contributed by atoms with Gasteiger partial charge in [0.15, 0.2) is 11.6 Å². The van der Waals surface area contributed by atoms with Gasteiger partial charge in [-0.25, -0.2) is 0 Å². The number of hydrogen-bond acceptors (Lipinski definition) is 10. The topological polar surface area (TPSA) is 143 Å². The predicted molar refractivity (Wildman–Crippen MR) is 244 cm³/mol. The van der Waals surface area contributed by atoms with Gasteiger partial charge in [-0.2, -0.15) is 0 Å². The SMILES string of the molecule is COC(C(=O)C(C)C)C(C)C(C)=O.COC(C(C)C)C(C)C(C)=O.COC(C(C)C)C(C)C(C)C(C)C.COCC(=O)C(O)C(C)C(C)=O.[B].[B].[B].[B].[B].[B].[B].[B]. The van der Waals surface area contributed by atoms with Crippen molar-refractivity contribution in [2.75, 3.05) is 35.0 Å². The van der Waals surface area contributed by atoms with E-state index < -0.39 is 23.9 Å². The molecule has 24 radical (unpaired) electrons. The molecular formula is C39H76B8O10. The van der Waals surface area contributed by atoms with Crippen molar-refractivity contribution in [2.24, 2.45) is 53.3 Å². The highest BCUT2D eigenvalue weighted by Gasteiger charge is 2.30. The Hall–Kier alpha value is -1.33. The Bertz CT molecular complexity index is 960. The summed E-state index contributed by atoms with van der Waals surface area (Å²) in [5.74, 6) is 1.58. The summed E-state index contributed by atoms with van der Waals surface area (Å²) in [6, 6.07) is 0. The molecule has 0 aromatic carbocycles. The van der Waals surface area contributed by atoms with Crippen molar-refractivity contribution in [1.29, 1.82) is 0 Å². The summed E-state index contributed by atoms with van der Waals surface area (Å²) >= 11 is 0. The second-order valence-corrected chi connectivity index (χ2v) is 14.6. The van der Waals surface area contributed by atoms with Gasteiger partial charge in [0.05, 0.1) is 12.2 Å². The Morgan fingerprint density at radius 3 is 0.982 bits per heavy atom. The van der Waals surface area contributed by atoms with Crippen molar-refractivity contribution in [2.45, 2.75) is 135 Å². The van der Waals surface area contributed by atoms with Crippen LogP contribution in [0.3, 0.4) is 0 Å². The molecule has 9 unspecified atom stereocenters. The molecule has 1 N–H and O–H groups in total. The lowest BCUT2D eigenvalue weighted by Gasteiger charge is -2.32. The van der Waals surface area contributed by atoms with Crippen LogP contribution in [0.5, 0.6) is 0 Å². The van der Waals surface area contributed by atoms with Crippen LogP contribution in [-0.4, -0.2) is 161 Å². The van der Waals surface area contributed by atoms with Crippen LogP contribution in [0.1, 0.15) is 111 Å². The molecular weight excluding hydrogens is 715 g/mol. The molecule has 0 spiro atoms. The number of methoxy groups -OCH3 is 4. The standard InChI is InChI=1S/C12H26O.C10H18O3.C9H18O2.C8H14O4.8B/c1-8(2)10(5)11(6)12(13-7)9(3)4;1-6(2)9(12)10(13-5)7(3)8(4)11;1-6(2)9(11-5)7(3)8(4)10;1-5(6(2)9)8(11)7(10)4-12-3;;;;;;;;/h8-12H,1-7H3;6-7,10H,1-5H3;6-7,9H,1-5H3;5,8,11H,4H2,1-3H3;;;;;;;;. The molecule has 0 saturated carbocycles. The fourth-order valence-electron chi connectivity index (χ4n) is 5.12. The second kappa shape index (κ2) is 47.3. The Morgan fingerprint density at radius 2 is 0.789 bits per heavy atom. The molecule has 0 amide bonds. The lowest BCUT2D eigenvalue weighted by atomic mass is 9.79. The van der Waals surface area contributed by atoms with E-state index in [2.05, 4.69) is 60.1 Å². The van der Waals surface area contributed by atoms with Crippen molar-refractivity contribution in [3.8, 4) is 0 Å². The van der Waals surface area contributed by atoms with E-state index in [0.29, 0.717) is 23.9 Å². The van der Waals surface area contributed by atoms with Crippen LogP contribution in [0.25, 0.3) is 0 Å². The monoisotopic (exact) mass is 793 g/mol. The third-order valence-electron chi connectivity index (χ3n) is 9.32. The maximum atomic E-state index is 11.5. The van der Waals surface area contributed by atoms with Gasteiger partial charge in [-0.3, -0.25) is 24.0 Å². The lowest BCUT2D eigenvalue weighted by Crippen LogP contribution is -2.36. The number of rotatable bonds is 19. The number of ketones is 5. The van der Waals surface area contributed by atoms with E-state index in [9.17, 15) is 29.1 Å². The summed E-state index contributed by atoms with van der Waals surface area (Å²) in [6.45, 7) is 30.8. The van der Waals surface area contributed by atoms with E-state index in [4.69, 9.17) is 14.2 Å². The number of aliphatic hydroxyl groups is 1. The smallest absolute Gasteiger partial charge is 0.187 e. The second-order valence-electron chi connectivity index (χ2n) is 14.6. The van der Waals surface area contributed by atoms with Crippen LogP contribution in [0, 0.1) is 53.3 Å². The lowest BCUT2D eigenvalue weighted by molar-refractivity contribution is -0.140. The molecule has 316 valence electrons. The molecule has 0 aromatic heterocycles. The van der Waals surface area contributed by atoms with Gasteiger partial charge in [0.1, 0.15) is 36.2 Å². The molecule has 0 aliphatic rings. The first-order valence-electron chi connectivity index (χ1n) is 17.7. The van der Waals surface area contributed by atoms with Gasteiger partial charge in [0, 0.05) is 119 Å². The molecule has 0 rings (SSSR count). The van der Waals surface area contributed by atoms with E-state index in [1.54, 1.807) is 34.8 Å². The highest BCUT2D eigenvalue weighted by molar-refractivity contribution is 5.91. The average molecular weight is 792 g/mol. The summed E-state index contributed by atoms with van der Waals surface area (Å²) in [5, 5.41) is 9.24. The van der Waals surface area contributed by atoms with Crippen LogP contribution in [0.2, 0.25) is 0 Å². The Labute approximate surface area is 366 Å². The number of carbonyl (C=O) groups excluding carboxylic acids is 5. The molecule has 0 heterocycles. The zero-order valence-electron chi connectivity index (χ0n) is 39.5. The van der Waals surface area contributed by atoms with Crippen LogP contribution in [0.4, 0.5) is 0 Å². The zero-order chi connectivity index (χ0) is 39.9. The highest BCUT2D eigenvalue weighted by Crippen LogP contribution is 2.28. The minimum absolute atomic E-state index is 0. The van der Waals surface area contributed by atoms with Crippen molar-refractivity contribution in [1.82, 2.24) is 0 Å². The predicted octanol–water partition coefficient (Wildman–Crippen LogP) is 3.66.